The monoisotopic (exact) mass is 439 g/mol. The number of piperidine rings is 1. The summed E-state index contributed by atoms with van der Waals surface area (Å²) in [5, 5.41) is 11.5. The third kappa shape index (κ3) is 4.03. The first-order valence-corrected chi connectivity index (χ1v) is 10.3. The fraction of sp³-hybridized carbons (Fsp3) is 0.273. The molecule has 1 aliphatic heterocycles. The maximum Gasteiger partial charge on any atom is 0.258 e. The summed E-state index contributed by atoms with van der Waals surface area (Å²) in [6.45, 7) is 3.12. The van der Waals surface area contributed by atoms with E-state index in [2.05, 4.69) is 36.9 Å². The maximum atomic E-state index is 12.1. The van der Waals surface area contributed by atoms with Crippen LogP contribution in [0.5, 0.6) is 5.88 Å². The minimum Gasteiger partial charge on any atom is -0.494 e. The van der Waals surface area contributed by atoms with Crippen molar-refractivity contribution in [1.29, 1.82) is 0 Å². The van der Waals surface area contributed by atoms with E-state index >= 15 is 0 Å². The van der Waals surface area contributed by atoms with Gasteiger partial charge in [0, 0.05) is 28.0 Å². The number of rotatable bonds is 4. The van der Waals surface area contributed by atoms with Crippen LogP contribution in [-0.4, -0.2) is 34.3 Å². The number of benzene rings is 2. The van der Waals surface area contributed by atoms with E-state index in [-0.39, 0.29) is 11.4 Å². The molecular formula is C22H22BrN3O2. The minimum absolute atomic E-state index is 0.173. The summed E-state index contributed by atoms with van der Waals surface area (Å²) in [6, 6.07) is 13.4. The van der Waals surface area contributed by atoms with E-state index in [0.717, 1.165) is 35.4 Å². The van der Waals surface area contributed by atoms with Crippen LogP contribution < -0.4 is 5.56 Å². The van der Waals surface area contributed by atoms with E-state index in [9.17, 15) is 9.90 Å². The molecule has 0 aliphatic carbocycles. The molecule has 0 amide bonds. The SMILES string of the molecule is O=c1[nH]c(O)c(C=Nc2ccccc2CN2CCCCC2)c2cc(Br)ccc12. The number of hydrogen-bond donors (Lipinski definition) is 2. The molecule has 144 valence electrons. The number of hydrogen-bond acceptors (Lipinski definition) is 4. The number of nitrogens with zero attached hydrogens (tertiary/aromatic N) is 2. The number of H-pyrrole nitrogens is 1. The van der Waals surface area contributed by atoms with E-state index < -0.39 is 0 Å². The Bertz CT molecular complexity index is 1080. The van der Waals surface area contributed by atoms with Gasteiger partial charge in [-0.3, -0.25) is 19.7 Å². The molecule has 0 saturated carbocycles. The van der Waals surface area contributed by atoms with Gasteiger partial charge in [-0.2, -0.15) is 0 Å². The van der Waals surface area contributed by atoms with Crippen LogP contribution in [0.15, 0.2) is 56.7 Å². The van der Waals surface area contributed by atoms with E-state index in [1.165, 1.54) is 19.3 Å². The van der Waals surface area contributed by atoms with Gasteiger partial charge in [0.2, 0.25) is 5.88 Å². The molecule has 1 saturated heterocycles. The summed E-state index contributed by atoms with van der Waals surface area (Å²) in [5.41, 5.74) is 2.23. The molecule has 0 radical (unpaired) electrons. The van der Waals surface area contributed by atoms with Crippen molar-refractivity contribution in [3.05, 3.63) is 68.4 Å². The molecule has 2 aromatic carbocycles. The molecule has 2 heterocycles. The minimum atomic E-state index is -0.317. The predicted octanol–water partition coefficient (Wildman–Crippen LogP) is 4.73. The molecule has 0 bridgehead atoms. The van der Waals surface area contributed by atoms with Gasteiger partial charge in [-0.05, 0) is 55.8 Å². The second-order valence-corrected chi connectivity index (χ2v) is 8.05. The fourth-order valence-corrected chi connectivity index (χ4v) is 4.06. The standard InChI is InChI=1S/C22H22BrN3O2/c23-16-8-9-17-18(12-16)19(22(28)25-21(17)27)13-24-20-7-3-2-6-15(20)14-26-10-4-1-5-11-26/h2-3,6-9,12-13H,1,4-5,10-11,14H2,(H2,25,27,28). The first-order valence-electron chi connectivity index (χ1n) is 9.50. The lowest BCUT2D eigenvalue weighted by Crippen LogP contribution is -2.29. The molecule has 4 rings (SSSR count). The van der Waals surface area contributed by atoms with Gasteiger partial charge in [-0.25, -0.2) is 0 Å². The molecule has 1 fully saturated rings. The van der Waals surface area contributed by atoms with Crippen LogP contribution in [-0.2, 0) is 6.54 Å². The van der Waals surface area contributed by atoms with Crippen molar-refractivity contribution in [2.75, 3.05) is 13.1 Å². The number of para-hydroxylation sites is 1. The number of likely N-dealkylation sites (tertiary alicyclic amines) is 1. The molecule has 6 heteroatoms. The van der Waals surface area contributed by atoms with Crippen molar-refractivity contribution in [3.8, 4) is 5.88 Å². The van der Waals surface area contributed by atoms with E-state index in [4.69, 9.17) is 0 Å². The predicted molar refractivity (Wildman–Crippen MR) is 117 cm³/mol. The molecule has 2 N–H and O–H groups in total. The Hall–Kier alpha value is -2.44. The lowest BCUT2D eigenvalue weighted by Gasteiger charge is -2.26. The van der Waals surface area contributed by atoms with E-state index in [1.807, 2.05) is 30.3 Å². The van der Waals surface area contributed by atoms with Gasteiger partial charge in [0.05, 0.1) is 11.3 Å². The molecule has 0 unspecified atom stereocenters. The number of halogens is 1. The average Bonchev–Trinajstić information content (AvgIpc) is 2.69. The summed E-state index contributed by atoms with van der Waals surface area (Å²) in [6.07, 6.45) is 5.44. The van der Waals surface area contributed by atoms with Crippen LogP contribution in [0.2, 0.25) is 0 Å². The number of pyridine rings is 1. The Balaban J connectivity index is 1.70. The summed E-state index contributed by atoms with van der Waals surface area (Å²) in [7, 11) is 0. The first kappa shape index (κ1) is 18.9. The maximum absolute atomic E-state index is 12.1. The molecule has 0 atom stereocenters. The van der Waals surface area contributed by atoms with Crippen LogP contribution in [0.1, 0.15) is 30.4 Å². The van der Waals surface area contributed by atoms with Crippen LogP contribution in [0.3, 0.4) is 0 Å². The number of aliphatic imine (C=N–C) groups is 1. The summed E-state index contributed by atoms with van der Waals surface area (Å²) in [5.74, 6) is -0.173. The van der Waals surface area contributed by atoms with Gasteiger partial charge in [0.1, 0.15) is 0 Å². The number of nitrogens with one attached hydrogen (secondary N) is 1. The number of aromatic hydroxyl groups is 1. The Kier molecular flexibility index (Phi) is 5.59. The van der Waals surface area contributed by atoms with Gasteiger partial charge in [-0.15, -0.1) is 0 Å². The highest BCUT2D eigenvalue weighted by molar-refractivity contribution is 9.10. The third-order valence-electron chi connectivity index (χ3n) is 5.17. The molecule has 1 aromatic heterocycles. The molecule has 28 heavy (non-hydrogen) atoms. The van der Waals surface area contributed by atoms with Crippen molar-refractivity contribution in [1.82, 2.24) is 9.88 Å². The zero-order chi connectivity index (χ0) is 19.5. The van der Waals surface area contributed by atoms with E-state index in [0.29, 0.717) is 16.3 Å². The normalized spacial score (nSPS) is 15.5. The van der Waals surface area contributed by atoms with Crippen LogP contribution in [0, 0.1) is 0 Å². The van der Waals surface area contributed by atoms with Gasteiger partial charge in [0.25, 0.3) is 5.56 Å². The number of aromatic amines is 1. The largest absolute Gasteiger partial charge is 0.494 e. The Morgan fingerprint density at radius 1 is 1.11 bits per heavy atom. The highest BCUT2D eigenvalue weighted by Gasteiger charge is 2.13. The summed E-state index contributed by atoms with van der Waals surface area (Å²) in [4.78, 5) is 21.8. The van der Waals surface area contributed by atoms with Crippen LogP contribution in [0.25, 0.3) is 10.8 Å². The average molecular weight is 440 g/mol. The first-order chi connectivity index (χ1) is 13.6. The van der Waals surface area contributed by atoms with Crippen molar-refractivity contribution < 1.29 is 5.11 Å². The van der Waals surface area contributed by atoms with Crippen molar-refractivity contribution in [3.63, 3.8) is 0 Å². The summed E-state index contributed by atoms with van der Waals surface area (Å²) >= 11 is 3.43. The Morgan fingerprint density at radius 2 is 1.89 bits per heavy atom. The Labute approximate surface area is 171 Å². The van der Waals surface area contributed by atoms with Crippen molar-refractivity contribution >= 4 is 38.6 Å². The van der Waals surface area contributed by atoms with Crippen LogP contribution >= 0.6 is 15.9 Å². The zero-order valence-corrected chi connectivity index (χ0v) is 17.1. The van der Waals surface area contributed by atoms with Gasteiger partial charge in [-0.1, -0.05) is 40.5 Å². The Morgan fingerprint density at radius 3 is 2.71 bits per heavy atom. The van der Waals surface area contributed by atoms with Gasteiger partial charge in [0.15, 0.2) is 0 Å². The fourth-order valence-electron chi connectivity index (χ4n) is 3.70. The zero-order valence-electron chi connectivity index (χ0n) is 15.5. The lowest BCUT2D eigenvalue weighted by molar-refractivity contribution is 0.221. The van der Waals surface area contributed by atoms with Crippen molar-refractivity contribution in [2.24, 2.45) is 4.99 Å². The topological polar surface area (TPSA) is 68.7 Å². The summed E-state index contributed by atoms with van der Waals surface area (Å²) < 4.78 is 0.838. The second kappa shape index (κ2) is 8.29. The third-order valence-corrected chi connectivity index (χ3v) is 5.66. The number of fused-ring (bicyclic) bond motifs is 1. The molecular weight excluding hydrogens is 418 g/mol. The van der Waals surface area contributed by atoms with Crippen molar-refractivity contribution in [2.45, 2.75) is 25.8 Å². The molecule has 5 nitrogen and oxygen atoms in total. The number of aromatic nitrogens is 1. The highest BCUT2D eigenvalue weighted by atomic mass is 79.9. The lowest BCUT2D eigenvalue weighted by atomic mass is 10.1. The van der Waals surface area contributed by atoms with Crippen LogP contribution in [0.4, 0.5) is 5.69 Å². The smallest absolute Gasteiger partial charge is 0.258 e. The highest BCUT2D eigenvalue weighted by Crippen LogP contribution is 2.26. The second-order valence-electron chi connectivity index (χ2n) is 7.13. The molecule has 3 aromatic rings. The quantitative estimate of drug-likeness (QED) is 0.577. The van der Waals surface area contributed by atoms with Gasteiger partial charge >= 0.3 is 0 Å². The molecule has 1 aliphatic rings. The van der Waals surface area contributed by atoms with E-state index in [1.54, 1.807) is 12.3 Å². The van der Waals surface area contributed by atoms with Gasteiger partial charge < -0.3 is 5.11 Å². The molecule has 0 spiro atoms.